The maximum atomic E-state index is 5.28. The molecular weight excluding hydrogens is 308 g/mol. The van der Waals surface area contributed by atoms with Gasteiger partial charge < -0.3 is 9.84 Å². The van der Waals surface area contributed by atoms with Crippen LogP contribution in [0.4, 0.5) is 0 Å². The van der Waals surface area contributed by atoms with E-state index in [2.05, 4.69) is 36.4 Å². The molecule has 1 atom stereocenters. The van der Waals surface area contributed by atoms with Crippen LogP contribution >= 0.6 is 15.9 Å². The SMILES string of the molecule is Brc1ccc(-c2noc(CCC3CCNC3)n2)nc1. The summed E-state index contributed by atoms with van der Waals surface area (Å²) in [6.45, 7) is 2.23. The molecule has 6 heteroatoms. The minimum Gasteiger partial charge on any atom is -0.339 e. The van der Waals surface area contributed by atoms with Crippen LogP contribution in [0.2, 0.25) is 0 Å². The molecule has 1 unspecified atom stereocenters. The lowest BCUT2D eigenvalue weighted by molar-refractivity contribution is 0.365. The first-order chi connectivity index (χ1) is 9.31. The zero-order chi connectivity index (χ0) is 13.1. The number of nitrogens with zero attached hydrogens (tertiary/aromatic N) is 3. The molecule has 1 N–H and O–H groups in total. The van der Waals surface area contributed by atoms with Crippen LogP contribution in [0.3, 0.4) is 0 Å². The fourth-order valence-electron chi connectivity index (χ4n) is 2.26. The van der Waals surface area contributed by atoms with Gasteiger partial charge in [-0.3, -0.25) is 4.98 Å². The van der Waals surface area contributed by atoms with Gasteiger partial charge in [-0.15, -0.1) is 0 Å². The van der Waals surface area contributed by atoms with Gasteiger partial charge in [0.2, 0.25) is 11.7 Å². The third-order valence-corrected chi connectivity index (χ3v) is 3.82. The first-order valence-corrected chi connectivity index (χ1v) is 7.26. The van der Waals surface area contributed by atoms with Crippen molar-refractivity contribution in [2.24, 2.45) is 5.92 Å². The molecule has 0 bridgehead atoms. The first kappa shape index (κ1) is 12.7. The quantitative estimate of drug-likeness (QED) is 0.936. The number of aromatic nitrogens is 3. The van der Waals surface area contributed by atoms with Gasteiger partial charge in [0.15, 0.2) is 0 Å². The summed E-state index contributed by atoms with van der Waals surface area (Å²) in [5, 5.41) is 7.35. The maximum Gasteiger partial charge on any atom is 0.227 e. The van der Waals surface area contributed by atoms with E-state index in [4.69, 9.17) is 4.52 Å². The number of rotatable bonds is 4. The monoisotopic (exact) mass is 322 g/mol. The fraction of sp³-hybridized carbons (Fsp3) is 0.462. The standard InChI is InChI=1S/C13H15BrN4O/c14-10-2-3-11(16-8-10)13-17-12(19-18-13)4-1-9-5-6-15-7-9/h2-3,8-9,15H,1,4-7H2. The summed E-state index contributed by atoms with van der Waals surface area (Å²) in [5.74, 6) is 2.00. The predicted octanol–water partition coefficient (Wildman–Crippen LogP) is 2.44. The second-order valence-electron chi connectivity index (χ2n) is 4.77. The van der Waals surface area contributed by atoms with Gasteiger partial charge >= 0.3 is 0 Å². The molecule has 0 aliphatic carbocycles. The highest BCUT2D eigenvalue weighted by molar-refractivity contribution is 9.10. The number of halogens is 1. The van der Waals surface area contributed by atoms with E-state index in [9.17, 15) is 0 Å². The molecule has 3 rings (SSSR count). The van der Waals surface area contributed by atoms with Gasteiger partial charge in [0.05, 0.1) is 0 Å². The Morgan fingerprint density at radius 2 is 2.37 bits per heavy atom. The van der Waals surface area contributed by atoms with Crippen LogP contribution in [0.1, 0.15) is 18.7 Å². The van der Waals surface area contributed by atoms with Crippen LogP contribution in [0.25, 0.3) is 11.5 Å². The number of hydrogen-bond acceptors (Lipinski definition) is 5. The lowest BCUT2D eigenvalue weighted by Crippen LogP contribution is -2.09. The Kier molecular flexibility index (Phi) is 3.89. The summed E-state index contributed by atoms with van der Waals surface area (Å²) in [7, 11) is 0. The molecular formula is C13H15BrN4O. The highest BCUT2D eigenvalue weighted by Crippen LogP contribution is 2.18. The van der Waals surface area contributed by atoms with Crippen LogP contribution in [0, 0.1) is 5.92 Å². The van der Waals surface area contributed by atoms with Crippen LogP contribution in [-0.2, 0) is 6.42 Å². The molecule has 0 amide bonds. The van der Waals surface area contributed by atoms with Crippen molar-refractivity contribution in [3.8, 4) is 11.5 Å². The summed E-state index contributed by atoms with van der Waals surface area (Å²) in [5.41, 5.74) is 0.737. The largest absolute Gasteiger partial charge is 0.339 e. The van der Waals surface area contributed by atoms with Crippen molar-refractivity contribution in [2.75, 3.05) is 13.1 Å². The van der Waals surface area contributed by atoms with E-state index in [1.165, 1.54) is 6.42 Å². The molecule has 100 valence electrons. The van der Waals surface area contributed by atoms with E-state index < -0.39 is 0 Å². The molecule has 2 aromatic heterocycles. The van der Waals surface area contributed by atoms with Crippen molar-refractivity contribution < 1.29 is 4.52 Å². The Hall–Kier alpha value is -1.27. The highest BCUT2D eigenvalue weighted by Gasteiger charge is 2.16. The van der Waals surface area contributed by atoms with Gasteiger partial charge in [-0.25, -0.2) is 0 Å². The fourth-order valence-corrected chi connectivity index (χ4v) is 2.49. The summed E-state index contributed by atoms with van der Waals surface area (Å²) in [6, 6.07) is 3.79. The lowest BCUT2D eigenvalue weighted by Gasteiger charge is -2.03. The van der Waals surface area contributed by atoms with E-state index in [1.807, 2.05) is 12.1 Å². The van der Waals surface area contributed by atoms with Crippen molar-refractivity contribution in [1.29, 1.82) is 0 Å². The molecule has 0 aromatic carbocycles. The first-order valence-electron chi connectivity index (χ1n) is 6.46. The summed E-state index contributed by atoms with van der Waals surface area (Å²) >= 11 is 3.35. The van der Waals surface area contributed by atoms with Crippen molar-refractivity contribution >= 4 is 15.9 Å². The van der Waals surface area contributed by atoms with E-state index in [-0.39, 0.29) is 0 Å². The van der Waals surface area contributed by atoms with Crippen LogP contribution in [0.15, 0.2) is 27.3 Å². The second kappa shape index (κ2) is 5.79. The smallest absolute Gasteiger partial charge is 0.227 e. The molecule has 3 heterocycles. The Balaban J connectivity index is 1.63. The predicted molar refractivity (Wildman–Crippen MR) is 74.5 cm³/mol. The third-order valence-electron chi connectivity index (χ3n) is 3.35. The Morgan fingerprint density at radius 3 is 3.11 bits per heavy atom. The van der Waals surface area contributed by atoms with E-state index in [0.717, 1.165) is 42.0 Å². The normalized spacial score (nSPS) is 18.9. The summed E-state index contributed by atoms with van der Waals surface area (Å²) < 4.78 is 6.21. The van der Waals surface area contributed by atoms with Crippen molar-refractivity contribution in [3.05, 3.63) is 28.7 Å². The van der Waals surface area contributed by atoms with Gasteiger partial charge in [-0.05, 0) is 59.9 Å². The number of pyridine rings is 1. The minimum absolute atomic E-state index is 0.562. The number of nitrogens with one attached hydrogen (secondary N) is 1. The van der Waals surface area contributed by atoms with E-state index >= 15 is 0 Å². The molecule has 5 nitrogen and oxygen atoms in total. The highest BCUT2D eigenvalue weighted by atomic mass is 79.9. The third kappa shape index (κ3) is 3.19. The van der Waals surface area contributed by atoms with Crippen molar-refractivity contribution in [2.45, 2.75) is 19.3 Å². The van der Waals surface area contributed by atoms with Crippen LogP contribution in [-0.4, -0.2) is 28.2 Å². The molecule has 0 radical (unpaired) electrons. The summed E-state index contributed by atoms with van der Waals surface area (Å²) in [4.78, 5) is 8.65. The molecule has 0 saturated carbocycles. The molecule has 1 aliphatic rings. The summed E-state index contributed by atoms with van der Waals surface area (Å²) in [6.07, 6.45) is 4.92. The molecule has 0 spiro atoms. The zero-order valence-electron chi connectivity index (χ0n) is 10.5. The average molecular weight is 323 g/mol. The van der Waals surface area contributed by atoms with E-state index in [1.54, 1.807) is 6.20 Å². The Labute approximate surface area is 119 Å². The second-order valence-corrected chi connectivity index (χ2v) is 5.69. The van der Waals surface area contributed by atoms with Crippen molar-refractivity contribution in [3.63, 3.8) is 0 Å². The maximum absolute atomic E-state index is 5.28. The Bertz CT molecular complexity index is 534. The molecule has 2 aromatic rings. The van der Waals surface area contributed by atoms with Crippen LogP contribution < -0.4 is 5.32 Å². The molecule has 1 fully saturated rings. The molecule has 1 aliphatic heterocycles. The molecule has 1 saturated heterocycles. The Morgan fingerprint density at radius 1 is 1.42 bits per heavy atom. The minimum atomic E-state index is 0.562. The zero-order valence-corrected chi connectivity index (χ0v) is 12.1. The van der Waals surface area contributed by atoms with Gasteiger partial charge in [0.1, 0.15) is 5.69 Å². The van der Waals surface area contributed by atoms with Gasteiger partial charge in [0, 0.05) is 17.1 Å². The lowest BCUT2D eigenvalue weighted by atomic mass is 10.0. The number of hydrogen-bond donors (Lipinski definition) is 1. The van der Waals surface area contributed by atoms with Crippen LogP contribution in [0.5, 0.6) is 0 Å². The topological polar surface area (TPSA) is 63.8 Å². The van der Waals surface area contributed by atoms with Crippen molar-refractivity contribution in [1.82, 2.24) is 20.4 Å². The van der Waals surface area contributed by atoms with E-state index in [0.29, 0.717) is 11.7 Å². The van der Waals surface area contributed by atoms with Gasteiger partial charge in [-0.2, -0.15) is 4.98 Å². The molecule has 19 heavy (non-hydrogen) atoms. The number of aryl methyl sites for hydroxylation is 1. The van der Waals surface area contributed by atoms with Gasteiger partial charge in [0.25, 0.3) is 0 Å². The average Bonchev–Trinajstić information content (AvgIpc) is 3.09. The van der Waals surface area contributed by atoms with Gasteiger partial charge in [-0.1, -0.05) is 5.16 Å².